The van der Waals surface area contributed by atoms with E-state index in [4.69, 9.17) is 4.42 Å². The van der Waals surface area contributed by atoms with Crippen LogP contribution >= 0.6 is 11.3 Å². The van der Waals surface area contributed by atoms with Gasteiger partial charge in [-0.3, -0.25) is 19.6 Å². The molecule has 0 saturated heterocycles. The summed E-state index contributed by atoms with van der Waals surface area (Å²) in [5, 5.41) is 9.14. The van der Waals surface area contributed by atoms with E-state index in [0.717, 1.165) is 11.3 Å². The van der Waals surface area contributed by atoms with Gasteiger partial charge in [-0.2, -0.15) is 5.10 Å². The van der Waals surface area contributed by atoms with Gasteiger partial charge in [0.15, 0.2) is 5.69 Å². The molecular weight excluding hydrogens is 457 g/mol. The van der Waals surface area contributed by atoms with E-state index in [1.165, 1.54) is 35.9 Å². The quantitative estimate of drug-likeness (QED) is 0.461. The van der Waals surface area contributed by atoms with Crippen molar-refractivity contribution in [2.75, 3.05) is 11.9 Å². The second kappa shape index (κ2) is 8.53. The van der Waals surface area contributed by atoms with Gasteiger partial charge in [0, 0.05) is 17.5 Å². The largest absolute Gasteiger partial charge is 0.432 e. The zero-order valence-corrected chi connectivity index (χ0v) is 19.4. The van der Waals surface area contributed by atoms with Crippen LogP contribution in [-0.2, 0) is 18.5 Å². The first-order valence-corrected chi connectivity index (χ1v) is 11.6. The third-order valence-corrected chi connectivity index (χ3v) is 6.62. The number of fused-ring (bicyclic) bond motifs is 1. The smallest absolute Gasteiger partial charge is 0.301 e. The number of carbonyl (C=O) groups is 2. The maximum absolute atomic E-state index is 13.4. The fourth-order valence-electron chi connectivity index (χ4n) is 4.41. The van der Waals surface area contributed by atoms with Crippen molar-refractivity contribution in [3.05, 3.63) is 87.4 Å². The Kier molecular flexibility index (Phi) is 5.52. The van der Waals surface area contributed by atoms with Crippen molar-refractivity contribution < 1.29 is 18.4 Å². The Morgan fingerprint density at radius 1 is 1.24 bits per heavy atom. The van der Waals surface area contributed by atoms with Crippen LogP contribution in [0.3, 0.4) is 0 Å². The molecule has 10 heteroatoms. The highest BCUT2D eigenvalue weighted by Gasteiger charge is 2.41. The number of nitrogens with zero attached hydrogens (tertiary/aromatic N) is 4. The summed E-state index contributed by atoms with van der Waals surface area (Å²) < 4.78 is 20.4. The minimum Gasteiger partial charge on any atom is -0.432 e. The third-order valence-electron chi connectivity index (χ3n) is 5.76. The highest BCUT2D eigenvalue weighted by atomic mass is 32.1. The Morgan fingerprint density at radius 3 is 2.71 bits per heavy atom. The highest BCUT2D eigenvalue weighted by Crippen LogP contribution is 2.37. The average Bonchev–Trinajstić information content (AvgIpc) is 3.56. The normalized spacial score (nSPS) is 14.6. The SMILES string of the molecule is CC1(C)CN(C(=O)c2cccs2)Cc2c(C(=O)Nc3ncco3)nn(Cc3ccc(F)cc3)c21. The summed E-state index contributed by atoms with van der Waals surface area (Å²) in [5.41, 5.74) is 2.10. The first-order chi connectivity index (χ1) is 16.3. The summed E-state index contributed by atoms with van der Waals surface area (Å²) in [6.07, 6.45) is 2.80. The van der Waals surface area contributed by atoms with E-state index < -0.39 is 11.3 Å². The number of nitrogens with one attached hydrogen (secondary N) is 1. The van der Waals surface area contributed by atoms with E-state index in [0.29, 0.717) is 23.5 Å². The van der Waals surface area contributed by atoms with Crippen molar-refractivity contribution in [3.63, 3.8) is 0 Å². The molecule has 5 rings (SSSR count). The van der Waals surface area contributed by atoms with Crippen molar-refractivity contribution in [3.8, 4) is 0 Å². The molecule has 1 N–H and O–H groups in total. The predicted molar refractivity (Wildman–Crippen MR) is 124 cm³/mol. The topological polar surface area (TPSA) is 93.3 Å². The van der Waals surface area contributed by atoms with Crippen LogP contribution in [0.4, 0.5) is 10.4 Å². The van der Waals surface area contributed by atoms with E-state index in [1.54, 1.807) is 27.8 Å². The summed E-state index contributed by atoms with van der Waals surface area (Å²) in [6.45, 7) is 5.12. The van der Waals surface area contributed by atoms with Crippen molar-refractivity contribution in [2.24, 2.45) is 0 Å². The van der Waals surface area contributed by atoms with Crippen molar-refractivity contribution in [1.29, 1.82) is 0 Å². The van der Waals surface area contributed by atoms with E-state index in [-0.39, 0.29) is 30.0 Å². The molecule has 0 spiro atoms. The predicted octanol–water partition coefficient (Wildman–Crippen LogP) is 4.31. The van der Waals surface area contributed by atoms with Crippen LogP contribution in [0.2, 0.25) is 0 Å². The number of hydrogen-bond acceptors (Lipinski definition) is 6. The molecular formula is C24H22FN5O3S. The Balaban J connectivity index is 1.56. The van der Waals surface area contributed by atoms with Crippen LogP contribution < -0.4 is 5.32 Å². The fourth-order valence-corrected chi connectivity index (χ4v) is 5.10. The van der Waals surface area contributed by atoms with Crippen molar-refractivity contribution in [2.45, 2.75) is 32.4 Å². The van der Waals surface area contributed by atoms with Crippen molar-refractivity contribution in [1.82, 2.24) is 19.7 Å². The van der Waals surface area contributed by atoms with E-state index in [2.05, 4.69) is 15.4 Å². The number of aromatic nitrogens is 3. The van der Waals surface area contributed by atoms with Gasteiger partial charge in [-0.25, -0.2) is 9.37 Å². The Morgan fingerprint density at radius 2 is 2.03 bits per heavy atom. The lowest BCUT2D eigenvalue weighted by Gasteiger charge is -2.38. The lowest BCUT2D eigenvalue weighted by molar-refractivity contribution is 0.0684. The van der Waals surface area contributed by atoms with Gasteiger partial charge < -0.3 is 9.32 Å². The van der Waals surface area contributed by atoms with Crippen LogP contribution in [0.15, 0.2) is 58.7 Å². The molecule has 4 heterocycles. The zero-order chi connectivity index (χ0) is 23.9. The van der Waals surface area contributed by atoms with Crippen LogP contribution in [0.1, 0.15) is 50.8 Å². The maximum Gasteiger partial charge on any atom is 0.301 e. The molecule has 8 nitrogen and oxygen atoms in total. The maximum atomic E-state index is 13.4. The summed E-state index contributed by atoms with van der Waals surface area (Å²) in [5.74, 6) is -0.878. The van der Waals surface area contributed by atoms with Gasteiger partial charge in [0.2, 0.25) is 0 Å². The van der Waals surface area contributed by atoms with Gasteiger partial charge in [0.25, 0.3) is 11.8 Å². The monoisotopic (exact) mass is 479 g/mol. The average molecular weight is 480 g/mol. The number of thiophene rings is 1. The summed E-state index contributed by atoms with van der Waals surface area (Å²) in [7, 11) is 0. The van der Waals surface area contributed by atoms with Gasteiger partial charge in [-0.15, -0.1) is 11.3 Å². The highest BCUT2D eigenvalue weighted by molar-refractivity contribution is 7.12. The Bertz CT molecular complexity index is 1330. The molecule has 1 aliphatic heterocycles. The Hall–Kier alpha value is -3.79. The number of benzene rings is 1. The Labute approximate surface area is 199 Å². The van der Waals surface area contributed by atoms with E-state index in [9.17, 15) is 14.0 Å². The number of anilines is 1. The second-order valence-electron chi connectivity index (χ2n) is 8.77. The van der Waals surface area contributed by atoms with Gasteiger partial charge in [-0.1, -0.05) is 32.0 Å². The molecule has 1 aliphatic rings. The standard InChI is InChI=1S/C24H22FN5O3S/c1-24(2)14-29(22(32)18-4-3-11-34-18)13-17-19(21(31)27-23-26-9-10-33-23)28-30(20(17)24)12-15-5-7-16(25)8-6-15/h3-11H,12-14H2,1-2H3,(H,26,27,31). The minimum absolute atomic E-state index is 0.0634. The first-order valence-electron chi connectivity index (χ1n) is 10.7. The van der Waals surface area contributed by atoms with Gasteiger partial charge in [0.05, 0.1) is 29.9 Å². The minimum atomic E-state index is -0.491. The molecule has 174 valence electrons. The molecule has 0 fully saturated rings. The van der Waals surface area contributed by atoms with Crippen LogP contribution in [0, 0.1) is 5.82 Å². The van der Waals surface area contributed by atoms with Gasteiger partial charge in [-0.05, 0) is 29.1 Å². The summed E-state index contributed by atoms with van der Waals surface area (Å²) >= 11 is 1.38. The van der Waals surface area contributed by atoms with Crippen LogP contribution in [0.5, 0.6) is 0 Å². The molecule has 0 atom stereocenters. The van der Waals surface area contributed by atoms with E-state index >= 15 is 0 Å². The third kappa shape index (κ3) is 4.12. The van der Waals surface area contributed by atoms with Crippen LogP contribution in [0.25, 0.3) is 0 Å². The van der Waals surface area contributed by atoms with Crippen LogP contribution in [-0.4, -0.2) is 38.0 Å². The number of halogens is 1. The first kappa shape index (κ1) is 22.0. The number of oxazole rings is 1. The molecule has 1 aromatic carbocycles. The zero-order valence-electron chi connectivity index (χ0n) is 18.6. The number of rotatable bonds is 5. The molecule has 0 radical (unpaired) electrons. The molecule has 34 heavy (non-hydrogen) atoms. The molecule has 4 aromatic rings. The number of carbonyl (C=O) groups excluding carboxylic acids is 2. The lowest BCUT2D eigenvalue weighted by Crippen LogP contribution is -2.46. The molecule has 3 aromatic heterocycles. The molecule has 0 unspecified atom stereocenters. The lowest BCUT2D eigenvalue weighted by atomic mass is 9.82. The summed E-state index contributed by atoms with van der Waals surface area (Å²) in [4.78, 5) is 32.7. The van der Waals surface area contributed by atoms with Gasteiger partial charge in [0.1, 0.15) is 12.1 Å². The molecule has 0 aliphatic carbocycles. The van der Waals surface area contributed by atoms with Crippen molar-refractivity contribution >= 4 is 29.2 Å². The molecule has 0 saturated carbocycles. The number of amides is 2. The second-order valence-corrected chi connectivity index (χ2v) is 9.72. The van der Waals surface area contributed by atoms with Gasteiger partial charge >= 0.3 is 6.01 Å². The fraction of sp³-hybridized carbons (Fsp3) is 0.250. The molecule has 2 amide bonds. The number of hydrogen-bond donors (Lipinski definition) is 1. The summed E-state index contributed by atoms with van der Waals surface area (Å²) in [6, 6.07) is 9.88. The molecule has 0 bridgehead atoms. The van der Waals surface area contributed by atoms with E-state index in [1.807, 2.05) is 25.3 Å².